The Bertz CT molecular complexity index is 746. The van der Waals surface area contributed by atoms with Crippen molar-refractivity contribution in [1.29, 1.82) is 0 Å². The number of carbonyl (C=O) groups is 1. The first-order chi connectivity index (χ1) is 11.3. The van der Waals surface area contributed by atoms with Gasteiger partial charge >= 0.3 is 0 Å². The fourth-order valence-corrected chi connectivity index (χ4v) is 2.49. The number of carbonyl (C=O) groups excluding carboxylic acids is 1. The van der Waals surface area contributed by atoms with Crippen molar-refractivity contribution in [3.8, 4) is 23.0 Å². The molecule has 1 N–H and O–H groups in total. The van der Waals surface area contributed by atoms with Gasteiger partial charge in [-0.05, 0) is 24.3 Å². The van der Waals surface area contributed by atoms with Gasteiger partial charge in [-0.25, -0.2) is 0 Å². The van der Waals surface area contributed by atoms with Crippen LogP contribution in [0.3, 0.4) is 0 Å². The molecule has 0 radical (unpaired) electrons. The van der Waals surface area contributed by atoms with Gasteiger partial charge in [0.05, 0.1) is 0 Å². The van der Waals surface area contributed by atoms with Crippen LogP contribution in [0.1, 0.15) is 0 Å². The van der Waals surface area contributed by atoms with Crippen LogP contribution in [0.25, 0.3) is 0 Å². The zero-order chi connectivity index (χ0) is 15.6. The van der Waals surface area contributed by atoms with E-state index >= 15 is 0 Å². The molecule has 0 saturated heterocycles. The van der Waals surface area contributed by atoms with E-state index in [9.17, 15) is 4.79 Å². The van der Waals surface area contributed by atoms with Crippen molar-refractivity contribution in [3.63, 3.8) is 0 Å². The number of amides is 1. The lowest BCUT2D eigenvalue weighted by Gasteiger charge is -2.25. The summed E-state index contributed by atoms with van der Waals surface area (Å²) < 4.78 is 22.2. The average Bonchev–Trinajstić information content (AvgIpc) is 2.61. The monoisotopic (exact) mass is 313 g/mol. The molecule has 0 bridgehead atoms. The molecular weight excluding hydrogens is 298 g/mol. The Balaban J connectivity index is 1.46. The first-order valence-corrected chi connectivity index (χ1v) is 7.38. The van der Waals surface area contributed by atoms with Crippen molar-refractivity contribution in [3.05, 3.63) is 42.5 Å². The van der Waals surface area contributed by atoms with Gasteiger partial charge in [-0.2, -0.15) is 0 Å². The molecule has 0 spiro atoms. The Morgan fingerprint density at radius 1 is 0.913 bits per heavy atom. The highest BCUT2D eigenvalue weighted by Gasteiger charge is 2.27. The van der Waals surface area contributed by atoms with Gasteiger partial charge in [-0.1, -0.05) is 12.1 Å². The molecule has 0 aromatic heterocycles. The van der Waals surface area contributed by atoms with Crippen molar-refractivity contribution in [2.75, 3.05) is 25.1 Å². The van der Waals surface area contributed by atoms with Crippen LogP contribution in [-0.2, 0) is 4.79 Å². The number of nitrogens with one attached hydrogen (secondary N) is 1. The van der Waals surface area contributed by atoms with Crippen LogP contribution in [0.2, 0.25) is 0 Å². The van der Waals surface area contributed by atoms with E-state index in [2.05, 4.69) is 5.32 Å². The molecule has 0 unspecified atom stereocenters. The minimum absolute atomic E-state index is 0.174. The minimum Gasteiger partial charge on any atom is -0.486 e. The summed E-state index contributed by atoms with van der Waals surface area (Å²) in [5.74, 6) is 2.26. The zero-order valence-electron chi connectivity index (χ0n) is 12.3. The molecule has 0 fully saturated rings. The van der Waals surface area contributed by atoms with Crippen molar-refractivity contribution in [2.24, 2.45) is 0 Å². The standard InChI is InChI=1S/C17H15NO5/c19-17(16-10-22-12-3-1-2-4-14(12)23-16)18-11-5-6-13-15(9-11)21-8-7-20-13/h1-6,9,16H,7-8,10H2,(H,18,19)/t16-/m1/s1. The summed E-state index contributed by atoms with van der Waals surface area (Å²) in [6, 6.07) is 12.6. The van der Waals surface area contributed by atoms with Gasteiger partial charge in [-0.3, -0.25) is 4.79 Å². The Morgan fingerprint density at radius 2 is 1.65 bits per heavy atom. The van der Waals surface area contributed by atoms with Crippen molar-refractivity contribution in [1.82, 2.24) is 0 Å². The molecule has 0 saturated carbocycles. The van der Waals surface area contributed by atoms with Crippen LogP contribution in [0.5, 0.6) is 23.0 Å². The third kappa shape index (κ3) is 2.75. The molecule has 1 amide bonds. The Hall–Kier alpha value is -2.89. The smallest absolute Gasteiger partial charge is 0.269 e. The van der Waals surface area contributed by atoms with Gasteiger partial charge in [0, 0.05) is 11.8 Å². The normalized spacial score (nSPS) is 18.2. The number of hydrogen-bond donors (Lipinski definition) is 1. The number of fused-ring (bicyclic) bond motifs is 2. The number of rotatable bonds is 2. The number of para-hydroxylation sites is 2. The summed E-state index contributed by atoms with van der Waals surface area (Å²) in [6.45, 7) is 1.21. The summed E-state index contributed by atoms with van der Waals surface area (Å²) in [5, 5.41) is 2.81. The highest BCUT2D eigenvalue weighted by Crippen LogP contribution is 2.33. The van der Waals surface area contributed by atoms with Gasteiger partial charge in [-0.15, -0.1) is 0 Å². The molecule has 1 atom stereocenters. The molecule has 0 aliphatic carbocycles. The van der Waals surface area contributed by atoms with Gasteiger partial charge in [0.2, 0.25) is 6.10 Å². The number of ether oxygens (including phenoxy) is 4. The SMILES string of the molecule is O=C(Nc1ccc2c(c1)OCCO2)[C@H]1COc2ccccc2O1. The maximum absolute atomic E-state index is 12.4. The van der Waals surface area contributed by atoms with E-state index in [-0.39, 0.29) is 12.5 Å². The molecule has 4 rings (SSSR count). The van der Waals surface area contributed by atoms with Crippen LogP contribution in [0, 0.1) is 0 Å². The Morgan fingerprint density at radius 3 is 2.52 bits per heavy atom. The highest BCUT2D eigenvalue weighted by atomic mass is 16.6. The summed E-state index contributed by atoms with van der Waals surface area (Å²) >= 11 is 0. The molecular formula is C17H15NO5. The third-order valence-corrected chi connectivity index (χ3v) is 3.61. The lowest BCUT2D eigenvalue weighted by Crippen LogP contribution is -2.40. The van der Waals surface area contributed by atoms with Gasteiger partial charge in [0.15, 0.2) is 23.0 Å². The molecule has 2 aromatic rings. The first-order valence-electron chi connectivity index (χ1n) is 7.38. The third-order valence-electron chi connectivity index (χ3n) is 3.61. The molecule has 2 aromatic carbocycles. The van der Waals surface area contributed by atoms with Crippen LogP contribution in [-0.4, -0.2) is 31.8 Å². The summed E-state index contributed by atoms with van der Waals surface area (Å²) in [4.78, 5) is 12.4. The van der Waals surface area contributed by atoms with Gasteiger partial charge < -0.3 is 24.3 Å². The molecule has 118 valence electrons. The quantitative estimate of drug-likeness (QED) is 0.921. The van der Waals surface area contributed by atoms with E-state index in [1.54, 1.807) is 24.3 Å². The Kier molecular flexibility index (Phi) is 3.42. The maximum Gasteiger partial charge on any atom is 0.269 e. The molecule has 6 nitrogen and oxygen atoms in total. The zero-order valence-corrected chi connectivity index (χ0v) is 12.3. The van der Waals surface area contributed by atoms with Crippen molar-refractivity contribution < 1.29 is 23.7 Å². The lowest BCUT2D eigenvalue weighted by molar-refractivity contribution is -0.125. The van der Waals surface area contributed by atoms with Crippen LogP contribution in [0.4, 0.5) is 5.69 Å². The summed E-state index contributed by atoms with van der Waals surface area (Å²) in [7, 11) is 0. The second kappa shape index (κ2) is 5.72. The van der Waals surface area contributed by atoms with E-state index < -0.39 is 6.10 Å². The fourth-order valence-electron chi connectivity index (χ4n) is 2.49. The molecule has 2 aliphatic rings. The predicted molar refractivity (Wildman–Crippen MR) is 82.4 cm³/mol. The predicted octanol–water partition coefficient (Wildman–Crippen LogP) is 2.24. The van der Waals surface area contributed by atoms with Crippen LogP contribution >= 0.6 is 0 Å². The lowest BCUT2D eigenvalue weighted by atomic mass is 10.2. The molecule has 2 aliphatic heterocycles. The largest absolute Gasteiger partial charge is 0.486 e. The van der Waals surface area contributed by atoms with Gasteiger partial charge in [0.25, 0.3) is 5.91 Å². The van der Waals surface area contributed by atoms with E-state index in [0.717, 1.165) is 0 Å². The maximum atomic E-state index is 12.4. The van der Waals surface area contributed by atoms with E-state index in [0.29, 0.717) is 41.9 Å². The molecule has 23 heavy (non-hydrogen) atoms. The van der Waals surface area contributed by atoms with Crippen LogP contribution in [0.15, 0.2) is 42.5 Å². The fraction of sp³-hybridized carbons (Fsp3) is 0.235. The Labute approximate surface area is 132 Å². The molecule has 6 heteroatoms. The summed E-state index contributed by atoms with van der Waals surface area (Å²) in [6.07, 6.45) is -0.696. The molecule has 2 heterocycles. The average molecular weight is 313 g/mol. The van der Waals surface area contributed by atoms with Crippen LogP contribution < -0.4 is 24.3 Å². The van der Waals surface area contributed by atoms with Crippen molar-refractivity contribution in [2.45, 2.75) is 6.10 Å². The van der Waals surface area contributed by atoms with Gasteiger partial charge in [0.1, 0.15) is 19.8 Å². The topological polar surface area (TPSA) is 66.0 Å². The van der Waals surface area contributed by atoms with E-state index in [1.807, 2.05) is 18.2 Å². The second-order valence-corrected chi connectivity index (χ2v) is 5.21. The second-order valence-electron chi connectivity index (χ2n) is 5.21. The highest BCUT2D eigenvalue weighted by molar-refractivity contribution is 5.95. The summed E-state index contributed by atoms with van der Waals surface area (Å²) in [5.41, 5.74) is 0.627. The number of hydrogen-bond acceptors (Lipinski definition) is 5. The van der Waals surface area contributed by atoms with E-state index in [4.69, 9.17) is 18.9 Å². The van der Waals surface area contributed by atoms with E-state index in [1.165, 1.54) is 0 Å². The van der Waals surface area contributed by atoms with Crippen molar-refractivity contribution >= 4 is 11.6 Å². The minimum atomic E-state index is -0.696. The number of anilines is 1. The first kappa shape index (κ1) is 13.8. The number of benzene rings is 2.